The van der Waals surface area contributed by atoms with Crippen molar-refractivity contribution in [2.75, 3.05) is 10.6 Å². The second kappa shape index (κ2) is 11.3. The van der Waals surface area contributed by atoms with Gasteiger partial charge in [-0.05, 0) is 60.6 Å². The molecule has 2 N–H and O–H groups in total. The maximum absolute atomic E-state index is 12.8. The highest BCUT2D eigenvalue weighted by molar-refractivity contribution is 5.97. The molecule has 4 nitrogen and oxygen atoms in total. The van der Waals surface area contributed by atoms with Crippen molar-refractivity contribution >= 4 is 23.2 Å². The number of hydrogen-bond acceptors (Lipinski definition) is 2. The summed E-state index contributed by atoms with van der Waals surface area (Å²) in [6, 6.07) is 25.5. The van der Waals surface area contributed by atoms with Gasteiger partial charge >= 0.3 is 0 Å². The molecule has 0 aliphatic rings. The predicted molar refractivity (Wildman–Crippen MR) is 132 cm³/mol. The van der Waals surface area contributed by atoms with Crippen LogP contribution in [0.3, 0.4) is 0 Å². The van der Waals surface area contributed by atoms with Crippen LogP contribution >= 0.6 is 0 Å². The molecule has 3 rings (SSSR count). The van der Waals surface area contributed by atoms with Crippen LogP contribution in [0.1, 0.15) is 49.8 Å². The fourth-order valence-electron chi connectivity index (χ4n) is 3.62. The smallest absolute Gasteiger partial charge is 0.231 e. The van der Waals surface area contributed by atoms with Crippen LogP contribution < -0.4 is 10.6 Å². The summed E-state index contributed by atoms with van der Waals surface area (Å²) in [5.41, 5.74) is 4.74. The summed E-state index contributed by atoms with van der Waals surface area (Å²) in [4.78, 5) is 25.1. The Hall–Kier alpha value is -3.40. The van der Waals surface area contributed by atoms with Crippen LogP contribution in [-0.4, -0.2) is 11.8 Å². The number of amides is 2. The molecule has 3 aromatic carbocycles. The van der Waals surface area contributed by atoms with Crippen molar-refractivity contribution in [2.45, 2.75) is 46.0 Å². The summed E-state index contributed by atoms with van der Waals surface area (Å²) in [7, 11) is 0. The van der Waals surface area contributed by atoms with E-state index >= 15 is 0 Å². The normalized spacial score (nSPS) is 11.8. The number of rotatable bonds is 9. The van der Waals surface area contributed by atoms with Gasteiger partial charge < -0.3 is 10.6 Å². The Balaban J connectivity index is 1.55. The zero-order chi connectivity index (χ0) is 22.9. The van der Waals surface area contributed by atoms with Crippen LogP contribution in [0.2, 0.25) is 0 Å². The average Bonchev–Trinajstić information content (AvgIpc) is 2.78. The van der Waals surface area contributed by atoms with E-state index in [0.29, 0.717) is 30.1 Å². The molecule has 0 spiro atoms. The van der Waals surface area contributed by atoms with Gasteiger partial charge in [0.1, 0.15) is 0 Å². The number of nitrogens with one attached hydrogen (secondary N) is 2. The molecule has 0 bridgehead atoms. The fraction of sp³-hybridized carbons (Fsp3) is 0.286. The number of carbonyl (C=O) groups is 2. The van der Waals surface area contributed by atoms with Gasteiger partial charge in [0.15, 0.2) is 0 Å². The van der Waals surface area contributed by atoms with Crippen molar-refractivity contribution in [1.82, 2.24) is 0 Å². The van der Waals surface area contributed by atoms with Crippen LogP contribution in [0.15, 0.2) is 78.9 Å². The highest BCUT2D eigenvalue weighted by atomic mass is 16.2. The lowest BCUT2D eigenvalue weighted by Gasteiger charge is -2.14. The van der Waals surface area contributed by atoms with Crippen LogP contribution in [0.5, 0.6) is 0 Å². The van der Waals surface area contributed by atoms with E-state index in [1.807, 2.05) is 67.6 Å². The molecule has 1 unspecified atom stereocenters. The highest BCUT2D eigenvalue weighted by Crippen LogP contribution is 2.21. The van der Waals surface area contributed by atoms with E-state index in [2.05, 4.69) is 36.6 Å². The van der Waals surface area contributed by atoms with Gasteiger partial charge in [-0.25, -0.2) is 0 Å². The molecule has 0 aromatic heterocycles. The number of anilines is 2. The monoisotopic (exact) mass is 428 g/mol. The van der Waals surface area contributed by atoms with Crippen molar-refractivity contribution in [3.05, 3.63) is 95.6 Å². The zero-order valence-corrected chi connectivity index (χ0v) is 19.1. The van der Waals surface area contributed by atoms with Gasteiger partial charge in [-0.1, -0.05) is 74.5 Å². The van der Waals surface area contributed by atoms with Gasteiger partial charge in [0, 0.05) is 17.8 Å². The third-order valence-corrected chi connectivity index (χ3v) is 5.41. The van der Waals surface area contributed by atoms with Crippen LogP contribution in [0.4, 0.5) is 11.4 Å². The Morgan fingerprint density at radius 3 is 2.06 bits per heavy atom. The van der Waals surface area contributed by atoms with Gasteiger partial charge in [0.05, 0.1) is 5.92 Å². The van der Waals surface area contributed by atoms with Crippen molar-refractivity contribution in [1.29, 1.82) is 0 Å². The molecule has 0 fully saturated rings. The Bertz CT molecular complexity index is 1030. The topological polar surface area (TPSA) is 58.2 Å². The first-order chi connectivity index (χ1) is 15.4. The van der Waals surface area contributed by atoms with E-state index in [1.54, 1.807) is 6.07 Å². The molecule has 0 radical (unpaired) electrons. The number of aryl methyl sites for hydroxylation is 1. The summed E-state index contributed by atoms with van der Waals surface area (Å²) >= 11 is 0. The molecule has 166 valence electrons. The highest BCUT2D eigenvalue weighted by Gasteiger charge is 2.16. The Kier molecular flexibility index (Phi) is 8.20. The molecule has 0 heterocycles. The lowest BCUT2D eigenvalue weighted by molar-refractivity contribution is -0.117. The molecular weight excluding hydrogens is 396 g/mol. The summed E-state index contributed by atoms with van der Waals surface area (Å²) in [5, 5.41) is 5.89. The maximum Gasteiger partial charge on any atom is 0.231 e. The van der Waals surface area contributed by atoms with Crippen LogP contribution in [0, 0.1) is 5.92 Å². The molecule has 0 aliphatic carbocycles. The van der Waals surface area contributed by atoms with E-state index in [9.17, 15) is 9.59 Å². The SMILES string of the molecule is CC(C)Cc1ccc(C(C)C(=O)Nc2cccc(NC(=O)CCc3ccccc3)c2)cc1. The molecule has 4 heteroatoms. The van der Waals surface area contributed by atoms with E-state index in [-0.39, 0.29) is 17.7 Å². The van der Waals surface area contributed by atoms with Gasteiger partial charge in [-0.15, -0.1) is 0 Å². The van der Waals surface area contributed by atoms with E-state index < -0.39 is 0 Å². The molecule has 0 saturated heterocycles. The fourth-order valence-corrected chi connectivity index (χ4v) is 3.62. The van der Waals surface area contributed by atoms with Crippen molar-refractivity contribution < 1.29 is 9.59 Å². The standard InChI is InChI=1S/C28H32N2O2/c1-20(2)18-23-12-15-24(16-13-23)21(3)28(32)30-26-11-7-10-25(19-26)29-27(31)17-14-22-8-5-4-6-9-22/h4-13,15-16,19-21H,14,17-18H2,1-3H3,(H,29,31)(H,30,32). The van der Waals surface area contributed by atoms with Crippen molar-refractivity contribution in [3.8, 4) is 0 Å². The second-order valence-electron chi connectivity index (χ2n) is 8.67. The second-order valence-corrected chi connectivity index (χ2v) is 8.67. The Labute approximate surface area is 191 Å². The summed E-state index contributed by atoms with van der Waals surface area (Å²) in [6.45, 7) is 6.30. The quantitative estimate of drug-likeness (QED) is 0.426. The third-order valence-electron chi connectivity index (χ3n) is 5.41. The summed E-state index contributed by atoms with van der Waals surface area (Å²) < 4.78 is 0. The molecular formula is C28H32N2O2. The number of benzene rings is 3. The minimum absolute atomic E-state index is 0.0489. The molecule has 2 amide bonds. The van der Waals surface area contributed by atoms with Gasteiger partial charge in [-0.3, -0.25) is 9.59 Å². The van der Waals surface area contributed by atoms with Crippen molar-refractivity contribution in [2.24, 2.45) is 5.92 Å². The van der Waals surface area contributed by atoms with E-state index in [0.717, 1.165) is 17.5 Å². The summed E-state index contributed by atoms with van der Waals surface area (Å²) in [6.07, 6.45) is 2.13. The largest absolute Gasteiger partial charge is 0.326 e. The Morgan fingerprint density at radius 2 is 1.41 bits per heavy atom. The zero-order valence-electron chi connectivity index (χ0n) is 19.1. The molecule has 32 heavy (non-hydrogen) atoms. The van der Waals surface area contributed by atoms with Crippen molar-refractivity contribution in [3.63, 3.8) is 0 Å². The van der Waals surface area contributed by atoms with Crippen LogP contribution in [-0.2, 0) is 22.4 Å². The van der Waals surface area contributed by atoms with Gasteiger partial charge in [0.2, 0.25) is 11.8 Å². The van der Waals surface area contributed by atoms with E-state index in [4.69, 9.17) is 0 Å². The minimum Gasteiger partial charge on any atom is -0.326 e. The molecule has 3 aromatic rings. The summed E-state index contributed by atoms with van der Waals surface area (Å²) in [5.74, 6) is 0.209. The third kappa shape index (κ3) is 7.09. The molecule has 0 saturated carbocycles. The number of carbonyl (C=O) groups excluding carboxylic acids is 2. The maximum atomic E-state index is 12.8. The van der Waals surface area contributed by atoms with Crippen LogP contribution in [0.25, 0.3) is 0 Å². The lowest BCUT2D eigenvalue weighted by atomic mass is 9.96. The van der Waals surface area contributed by atoms with E-state index in [1.165, 1.54) is 5.56 Å². The molecule has 1 atom stereocenters. The lowest BCUT2D eigenvalue weighted by Crippen LogP contribution is -2.19. The predicted octanol–water partition coefficient (Wildman–Crippen LogP) is 6.20. The van der Waals surface area contributed by atoms with Gasteiger partial charge in [0.25, 0.3) is 0 Å². The first kappa shape index (κ1) is 23.3. The average molecular weight is 429 g/mol. The minimum atomic E-state index is -0.271. The first-order valence-corrected chi connectivity index (χ1v) is 11.2. The van der Waals surface area contributed by atoms with Gasteiger partial charge in [-0.2, -0.15) is 0 Å². The Morgan fingerprint density at radius 1 is 0.750 bits per heavy atom. The molecule has 0 aliphatic heterocycles. The number of hydrogen-bond donors (Lipinski definition) is 2. The first-order valence-electron chi connectivity index (χ1n) is 11.2.